The number of aliphatic hydroxyl groups is 1. The van der Waals surface area contributed by atoms with Crippen molar-refractivity contribution in [3.8, 4) is 0 Å². The maximum absolute atomic E-state index is 12.0. The number of pyridine rings is 1. The van der Waals surface area contributed by atoms with Gasteiger partial charge in [-0.25, -0.2) is 4.98 Å². The summed E-state index contributed by atoms with van der Waals surface area (Å²) in [5, 5.41) is 12.1. The molecule has 2 N–H and O–H groups in total. The zero-order valence-electron chi connectivity index (χ0n) is 14.1. The molecular weight excluding hydrogens is 292 g/mol. The van der Waals surface area contributed by atoms with E-state index < -0.39 is 0 Å². The lowest BCUT2D eigenvalue weighted by Crippen LogP contribution is -2.48. The Morgan fingerprint density at radius 2 is 2.04 bits per heavy atom. The highest BCUT2D eigenvalue weighted by molar-refractivity contribution is 5.76. The summed E-state index contributed by atoms with van der Waals surface area (Å²) in [5.41, 5.74) is 0. The first-order chi connectivity index (χ1) is 11.1. The van der Waals surface area contributed by atoms with Gasteiger partial charge in [-0.3, -0.25) is 9.69 Å². The lowest BCUT2D eigenvalue weighted by Gasteiger charge is -2.35. The molecule has 1 aromatic rings. The smallest absolute Gasteiger partial charge is 0.221 e. The summed E-state index contributed by atoms with van der Waals surface area (Å²) >= 11 is 0. The third-order valence-electron chi connectivity index (χ3n) is 4.53. The Hall–Kier alpha value is -1.66. The van der Waals surface area contributed by atoms with Gasteiger partial charge in [0.05, 0.1) is 0 Å². The van der Waals surface area contributed by atoms with Crippen LogP contribution in [0.15, 0.2) is 24.4 Å². The molecule has 6 heteroatoms. The van der Waals surface area contributed by atoms with Crippen molar-refractivity contribution in [1.82, 2.24) is 15.2 Å². The molecule has 0 aliphatic carbocycles. The van der Waals surface area contributed by atoms with Gasteiger partial charge in [0.25, 0.3) is 0 Å². The predicted octanol–water partition coefficient (Wildman–Crippen LogP) is 0.727. The van der Waals surface area contributed by atoms with Crippen molar-refractivity contribution in [3.05, 3.63) is 24.4 Å². The number of rotatable bonds is 7. The minimum Gasteiger partial charge on any atom is -0.396 e. The molecule has 1 aromatic heterocycles. The molecule has 1 amide bonds. The summed E-state index contributed by atoms with van der Waals surface area (Å²) in [6.07, 6.45) is 2.33. The fraction of sp³-hybridized carbons (Fsp3) is 0.647. The molecule has 1 fully saturated rings. The number of hydrogen-bond donors (Lipinski definition) is 2. The summed E-state index contributed by atoms with van der Waals surface area (Å²) in [5.74, 6) is 1.17. The fourth-order valence-corrected chi connectivity index (χ4v) is 2.63. The number of anilines is 1. The molecule has 0 saturated carbocycles. The van der Waals surface area contributed by atoms with Crippen LogP contribution in [0.4, 0.5) is 5.82 Å². The van der Waals surface area contributed by atoms with Crippen LogP contribution >= 0.6 is 0 Å². The number of aromatic nitrogens is 1. The van der Waals surface area contributed by atoms with Gasteiger partial charge in [-0.05, 0) is 25.0 Å². The maximum Gasteiger partial charge on any atom is 0.221 e. The average molecular weight is 320 g/mol. The Kier molecular flexibility index (Phi) is 6.80. The summed E-state index contributed by atoms with van der Waals surface area (Å²) in [6.45, 7) is 8.53. The van der Waals surface area contributed by atoms with Gasteiger partial charge in [0.15, 0.2) is 0 Å². The average Bonchev–Trinajstić information content (AvgIpc) is 2.60. The second kappa shape index (κ2) is 8.84. The number of carbonyl (C=O) groups excluding carboxylic acids is 1. The van der Waals surface area contributed by atoms with Gasteiger partial charge in [0.2, 0.25) is 5.91 Å². The van der Waals surface area contributed by atoms with Gasteiger partial charge >= 0.3 is 0 Å². The number of nitrogens with one attached hydrogen (secondary N) is 1. The van der Waals surface area contributed by atoms with Crippen LogP contribution in [0.2, 0.25) is 0 Å². The minimum atomic E-state index is 0.00787. The van der Waals surface area contributed by atoms with Crippen molar-refractivity contribution in [1.29, 1.82) is 0 Å². The van der Waals surface area contributed by atoms with Crippen LogP contribution in [0.3, 0.4) is 0 Å². The highest BCUT2D eigenvalue weighted by Gasteiger charge is 2.19. The van der Waals surface area contributed by atoms with E-state index in [0.717, 1.165) is 38.5 Å². The molecule has 2 heterocycles. The molecule has 1 aliphatic rings. The molecular formula is C17H28N4O2. The van der Waals surface area contributed by atoms with E-state index in [1.54, 1.807) is 0 Å². The fourth-order valence-electron chi connectivity index (χ4n) is 2.63. The summed E-state index contributed by atoms with van der Waals surface area (Å²) in [7, 11) is 0. The lowest BCUT2D eigenvalue weighted by molar-refractivity contribution is -0.122. The monoisotopic (exact) mass is 320 g/mol. The van der Waals surface area contributed by atoms with Crippen LogP contribution < -0.4 is 10.2 Å². The molecule has 0 aromatic carbocycles. The molecule has 2 atom stereocenters. The minimum absolute atomic E-state index is 0.00787. The molecule has 128 valence electrons. The molecule has 2 unspecified atom stereocenters. The predicted molar refractivity (Wildman–Crippen MR) is 91.4 cm³/mol. The van der Waals surface area contributed by atoms with Crippen LogP contribution in [-0.4, -0.2) is 66.3 Å². The zero-order valence-corrected chi connectivity index (χ0v) is 14.1. The quantitative estimate of drug-likeness (QED) is 0.775. The molecule has 1 saturated heterocycles. The van der Waals surface area contributed by atoms with Crippen LogP contribution in [0.1, 0.15) is 20.3 Å². The SMILES string of the molecule is CC(CO)C(C)NC(=O)CCN1CCN(c2ccccn2)CC1. The van der Waals surface area contributed by atoms with Crippen molar-refractivity contribution >= 4 is 11.7 Å². The van der Waals surface area contributed by atoms with Gasteiger partial charge in [0, 0.05) is 58.0 Å². The maximum atomic E-state index is 12.0. The second-order valence-electron chi connectivity index (χ2n) is 6.28. The lowest BCUT2D eigenvalue weighted by atomic mass is 10.1. The van der Waals surface area contributed by atoms with Crippen LogP contribution in [-0.2, 0) is 4.79 Å². The molecule has 1 aliphatic heterocycles. The molecule has 0 spiro atoms. The first-order valence-corrected chi connectivity index (χ1v) is 8.38. The number of piperazine rings is 1. The van der Waals surface area contributed by atoms with Gasteiger partial charge in [-0.15, -0.1) is 0 Å². The van der Waals surface area contributed by atoms with Gasteiger partial charge in [-0.2, -0.15) is 0 Å². The summed E-state index contributed by atoms with van der Waals surface area (Å²) in [4.78, 5) is 20.9. The van der Waals surface area contributed by atoms with Crippen molar-refractivity contribution in [3.63, 3.8) is 0 Å². The molecule has 2 rings (SSSR count). The van der Waals surface area contributed by atoms with Crippen LogP contribution in [0.5, 0.6) is 0 Å². The van der Waals surface area contributed by atoms with E-state index >= 15 is 0 Å². The summed E-state index contributed by atoms with van der Waals surface area (Å²) in [6, 6.07) is 5.98. The van der Waals surface area contributed by atoms with E-state index in [-0.39, 0.29) is 24.5 Å². The number of hydrogen-bond acceptors (Lipinski definition) is 5. The standard InChI is InChI=1S/C17H28N4O2/c1-14(13-22)15(2)19-17(23)6-8-20-9-11-21(12-10-20)16-5-3-4-7-18-16/h3-5,7,14-15,22H,6,8-13H2,1-2H3,(H,19,23). The van der Waals surface area contributed by atoms with Crippen molar-refractivity contribution in [2.24, 2.45) is 5.92 Å². The number of nitrogens with zero attached hydrogens (tertiary/aromatic N) is 3. The van der Waals surface area contributed by atoms with Gasteiger partial charge < -0.3 is 15.3 Å². The van der Waals surface area contributed by atoms with E-state index in [4.69, 9.17) is 5.11 Å². The third kappa shape index (κ3) is 5.48. The Morgan fingerprint density at radius 1 is 1.30 bits per heavy atom. The molecule has 6 nitrogen and oxygen atoms in total. The van der Waals surface area contributed by atoms with E-state index in [1.165, 1.54) is 0 Å². The van der Waals surface area contributed by atoms with Crippen molar-refractivity contribution in [2.75, 3.05) is 44.2 Å². The Morgan fingerprint density at radius 3 is 2.65 bits per heavy atom. The molecule has 0 bridgehead atoms. The highest BCUT2D eigenvalue weighted by atomic mass is 16.3. The zero-order chi connectivity index (χ0) is 16.7. The van der Waals surface area contributed by atoms with Gasteiger partial charge in [-0.1, -0.05) is 13.0 Å². The molecule has 23 heavy (non-hydrogen) atoms. The number of amides is 1. The normalized spacial score (nSPS) is 18.5. The second-order valence-corrected chi connectivity index (χ2v) is 6.28. The van der Waals surface area contributed by atoms with E-state index in [9.17, 15) is 4.79 Å². The van der Waals surface area contributed by atoms with E-state index in [0.29, 0.717) is 6.42 Å². The highest BCUT2D eigenvalue weighted by Crippen LogP contribution is 2.12. The van der Waals surface area contributed by atoms with Gasteiger partial charge in [0.1, 0.15) is 5.82 Å². The van der Waals surface area contributed by atoms with Crippen molar-refractivity contribution < 1.29 is 9.90 Å². The Labute approximate surface area is 138 Å². The topological polar surface area (TPSA) is 68.7 Å². The van der Waals surface area contributed by atoms with Crippen LogP contribution in [0, 0.1) is 5.92 Å². The third-order valence-corrected chi connectivity index (χ3v) is 4.53. The number of aliphatic hydroxyl groups excluding tert-OH is 1. The van der Waals surface area contributed by atoms with E-state index in [2.05, 4.69) is 20.1 Å². The first kappa shape index (κ1) is 17.7. The summed E-state index contributed by atoms with van der Waals surface area (Å²) < 4.78 is 0. The number of carbonyl (C=O) groups is 1. The van der Waals surface area contributed by atoms with Crippen molar-refractivity contribution in [2.45, 2.75) is 26.3 Å². The van der Waals surface area contributed by atoms with E-state index in [1.807, 2.05) is 38.2 Å². The van der Waals surface area contributed by atoms with Crippen LogP contribution in [0.25, 0.3) is 0 Å². The first-order valence-electron chi connectivity index (χ1n) is 8.38. The Balaban J connectivity index is 1.67. The largest absolute Gasteiger partial charge is 0.396 e. The molecule has 0 radical (unpaired) electrons. The Bertz CT molecular complexity index is 475.